The van der Waals surface area contributed by atoms with E-state index in [-0.39, 0.29) is 59.9 Å². The van der Waals surface area contributed by atoms with Gasteiger partial charge in [-0.25, -0.2) is 0 Å². The predicted octanol–water partition coefficient (Wildman–Crippen LogP) is 0.789. The zero-order valence-electron chi connectivity index (χ0n) is 17.4. The van der Waals surface area contributed by atoms with E-state index in [0.29, 0.717) is 12.1 Å². The molecule has 8 atom stereocenters. The van der Waals surface area contributed by atoms with Gasteiger partial charge in [0.05, 0.1) is 29.6 Å². The van der Waals surface area contributed by atoms with Crippen LogP contribution >= 0.6 is 11.6 Å². The van der Waals surface area contributed by atoms with Crippen molar-refractivity contribution in [1.29, 1.82) is 5.26 Å². The Morgan fingerprint density at radius 3 is 2.76 bits per heavy atom. The number of carbonyl (C=O) groups is 1. The number of nitriles is 1. The Bertz CT molecular complexity index is 667. The molecule has 0 bridgehead atoms. The van der Waals surface area contributed by atoms with Gasteiger partial charge in [0.15, 0.2) is 0 Å². The molecule has 2 fully saturated rings. The summed E-state index contributed by atoms with van der Waals surface area (Å²) >= 11 is 6.58. The smallest absolute Gasteiger partial charge is 0.248 e. The molecule has 8 nitrogen and oxygen atoms in total. The van der Waals surface area contributed by atoms with Crippen molar-refractivity contribution in [3.63, 3.8) is 0 Å². The van der Waals surface area contributed by atoms with Gasteiger partial charge in [-0.2, -0.15) is 5.26 Å². The third kappa shape index (κ3) is 5.29. The summed E-state index contributed by atoms with van der Waals surface area (Å²) in [7, 11) is 1.58. The minimum absolute atomic E-state index is 0.0431. The predicted molar refractivity (Wildman–Crippen MR) is 110 cm³/mol. The number of amides is 1. The number of rotatable bonds is 6. The van der Waals surface area contributed by atoms with E-state index < -0.39 is 0 Å². The summed E-state index contributed by atoms with van der Waals surface area (Å²) in [5, 5.41) is 22.1. The summed E-state index contributed by atoms with van der Waals surface area (Å²) in [6.45, 7) is 6.47. The van der Waals surface area contributed by atoms with Crippen LogP contribution < -0.4 is 21.3 Å². The van der Waals surface area contributed by atoms with Crippen molar-refractivity contribution in [3.05, 3.63) is 11.6 Å². The number of carbonyl (C=O) groups excluding carboxylic acids is 1. The molecule has 162 valence electrons. The summed E-state index contributed by atoms with van der Waals surface area (Å²) in [6.07, 6.45) is 3.01. The maximum Gasteiger partial charge on any atom is 0.248 e. The number of hydrogen-bond donors (Lipinski definition) is 4. The van der Waals surface area contributed by atoms with Crippen LogP contribution in [0.1, 0.15) is 33.6 Å². The van der Waals surface area contributed by atoms with Crippen molar-refractivity contribution in [3.8, 4) is 6.07 Å². The number of ether oxygens (including phenoxy) is 2. The molecular formula is C20H32ClN5O3. The minimum atomic E-state index is -0.363. The number of fused-ring (bicyclic) bond motifs is 1. The number of hydrogen-bond acceptors (Lipinski definition) is 7. The second-order valence-corrected chi connectivity index (χ2v) is 8.93. The van der Waals surface area contributed by atoms with Gasteiger partial charge in [0.25, 0.3) is 0 Å². The monoisotopic (exact) mass is 425 g/mol. The summed E-state index contributed by atoms with van der Waals surface area (Å²) in [5.74, 6) is -0.129. The summed E-state index contributed by atoms with van der Waals surface area (Å²) in [4.78, 5) is 12.8. The molecule has 0 aromatic carbocycles. The van der Waals surface area contributed by atoms with Gasteiger partial charge in [0.1, 0.15) is 12.5 Å². The molecule has 2 heterocycles. The molecule has 3 aliphatic rings. The molecule has 9 heteroatoms. The molecule has 1 saturated carbocycles. The zero-order valence-corrected chi connectivity index (χ0v) is 18.2. The van der Waals surface area contributed by atoms with Gasteiger partial charge in [-0.15, -0.1) is 11.6 Å². The highest BCUT2D eigenvalue weighted by atomic mass is 35.5. The van der Waals surface area contributed by atoms with Crippen LogP contribution in [-0.2, 0) is 14.3 Å². The fourth-order valence-corrected chi connectivity index (χ4v) is 4.74. The lowest BCUT2D eigenvalue weighted by atomic mass is 9.78. The molecule has 1 amide bonds. The summed E-state index contributed by atoms with van der Waals surface area (Å²) < 4.78 is 11.3. The number of nitrogens with zero attached hydrogens (tertiary/aromatic N) is 1. The lowest BCUT2D eigenvalue weighted by Crippen LogP contribution is -2.66. The SMILES string of the molecule is COC1NC(N[C@@H](C)C2=CC3CC(Cl)C(OC(C)C)CC3NC2=O)NCC1C#N. The second kappa shape index (κ2) is 9.73. The molecule has 0 aromatic heterocycles. The van der Waals surface area contributed by atoms with Gasteiger partial charge in [-0.05, 0) is 39.5 Å². The van der Waals surface area contributed by atoms with E-state index >= 15 is 0 Å². The third-order valence-corrected chi connectivity index (χ3v) is 6.32. The first kappa shape index (κ1) is 22.5. The fourth-order valence-electron chi connectivity index (χ4n) is 4.37. The number of nitrogens with one attached hydrogen (secondary N) is 4. The molecule has 0 aromatic rings. The molecule has 7 unspecified atom stereocenters. The third-order valence-electron chi connectivity index (χ3n) is 5.86. The molecular weight excluding hydrogens is 394 g/mol. The molecule has 3 rings (SSSR count). The van der Waals surface area contributed by atoms with Crippen LogP contribution in [-0.4, -0.2) is 61.7 Å². The molecule has 1 aliphatic carbocycles. The van der Waals surface area contributed by atoms with Crippen molar-refractivity contribution >= 4 is 17.5 Å². The maximum atomic E-state index is 12.8. The van der Waals surface area contributed by atoms with Gasteiger partial charge in [0, 0.05) is 31.3 Å². The Morgan fingerprint density at radius 1 is 1.34 bits per heavy atom. The summed E-state index contributed by atoms with van der Waals surface area (Å²) in [5.41, 5.74) is 0.707. The normalized spacial score (nSPS) is 38.6. The lowest BCUT2D eigenvalue weighted by Gasteiger charge is -2.42. The van der Waals surface area contributed by atoms with E-state index in [2.05, 4.69) is 33.4 Å². The Morgan fingerprint density at radius 2 is 2.10 bits per heavy atom. The molecule has 0 radical (unpaired) electrons. The minimum Gasteiger partial charge on any atom is -0.374 e. The van der Waals surface area contributed by atoms with Crippen LogP contribution in [0.4, 0.5) is 0 Å². The summed E-state index contributed by atoms with van der Waals surface area (Å²) in [6, 6.07) is 2.09. The van der Waals surface area contributed by atoms with Crippen molar-refractivity contribution in [2.45, 2.75) is 75.8 Å². The van der Waals surface area contributed by atoms with Crippen LogP contribution in [0.2, 0.25) is 0 Å². The largest absolute Gasteiger partial charge is 0.374 e. The maximum absolute atomic E-state index is 12.8. The molecule has 29 heavy (non-hydrogen) atoms. The molecule has 1 saturated heterocycles. The Hall–Kier alpha value is -1.21. The Labute approximate surface area is 177 Å². The van der Waals surface area contributed by atoms with Crippen molar-refractivity contribution < 1.29 is 14.3 Å². The quantitative estimate of drug-likeness (QED) is 0.466. The van der Waals surface area contributed by atoms with E-state index in [4.69, 9.17) is 21.1 Å². The van der Waals surface area contributed by atoms with Crippen LogP contribution in [0.5, 0.6) is 0 Å². The number of methoxy groups -OCH3 is 1. The van der Waals surface area contributed by atoms with E-state index in [0.717, 1.165) is 12.8 Å². The molecule has 0 spiro atoms. The van der Waals surface area contributed by atoms with Gasteiger partial charge >= 0.3 is 0 Å². The van der Waals surface area contributed by atoms with E-state index in [9.17, 15) is 10.1 Å². The van der Waals surface area contributed by atoms with E-state index in [1.165, 1.54) is 0 Å². The molecule has 2 aliphatic heterocycles. The zero-order chi connectivity index (χ0) is 21.1. The number of halogens is 1. The van der Waals surface area contributed by atoms with Crippen molar-refractivity contribution in [1.82, 2.24) is 21.3 Å². The Balaban J connectivity index is 1.62. The fraction of sp³-hybridized carbons (Fsp3) is 0.800. The van der Waals surface area contributed by atoms with Gasteiger partial charge in [-0.1, -0.05) is 6.08 Å². The van der Waals surface area contributed by atoms with Crippen LogP contribution in [0.15, 0.2) is 11.6 Å². The van der Waals surface area contributed by atoms with Crippen LogP contribution in [0, 0.1) is 23.2 Å². The van der Waals surface area contributed by atoms with Gasteiger partial charge < -0.3 is 14.8 Å². The first-order valence-electron chi connectivity index (χ1n) is 10.3. The van der Waals surface area contributed by atoms with Crippen LogP contribution in [0.3, 0.4) is 0 Å². The number of alkyl halides is 1. The van der Waals surface area contributed by atoms with Crippen molar-refractivity contribution in [2.75, 3.05) is 13.7 Å². The lowest BCUT2D eigenvalue weighted by molar-refractivity contribution is -0.120. The topological polar surface area (TPSA) is 107 Å². The van der Waals surface area contributed by atoms with E-state index in [1.807, 2.05) is 20.8 Å². The molecule has 4 N–H and O–H groups in total. The van der Waals surface area contributed by atoms with Gasteiger partial charge in [-0.3, -0.25) is 20.7 Å². The van der Waals surface area contributed by atoms with Crippen LogP contribution in [0.25, 0.3) is 0 Å². The van der Waals surface area contributed by atoms with Crippen molar-refractivity contribution in [2.24, 2.45) is 11.8 Å². The highest BCUT2D eigenvalue weighted by Crippen LogP contribution is 2.35. The average Bonchev–Trinajstić information content (AvgIpc) is 2.68. The Kier molecular flexibility index (Phi) is 7.54. The highest BCUT2D eigenvalue weighted by molar-refractivity contribution is 6.21. The highest BCUT2D eigenvalue weighted by Gasteiger charge is 2.41. The first-order chi connectivity index (χ1) is 13.8. The first-order valence-corrected chi connectivity index (χ1v) is 10.8. The second-order valence-electron chi connectivity index (χ2n) is 8.36. The van der Waals surface area contributed by atoms with E-state index in [1.54, 1.807) is 7.11 Å². The standard InChI is InChI=1S/C20H32ClN5O3/c1-10(2)29-17-7-16-12(6-15(17)21)5-14(18(27)25-16)11(3)24-20-23-9-13(8-22)19(26-20)28-4/h5,10-13,15-17,19-20,23-24,26H,6-7,9H2,1-4H3,(H,25,27)/t11-,12?,13?,15?,16?,17?,19?,20?/m0/s1. The average molecular weight is 426 g/mol. The van der Waals surface area contributed by atoms with Gasteiger partial charge in [0.2, 0.25) is 5.91 Å².